The molecule has 0 saturated heterocycles. The van der Waals surface area contributed by atoms with Gasteiger partial charge in [0, 0.05) is 0 Å². The molecule has 1 amide bonds. The Hall–Kier alpha value is -3.22. The van der Waals surface area contributed by atoms with Crippen molar-refractivity contribution in [2.75, 3.05) is 11.9 Å². The first-order valence-corrected chi connectivity index (χ1v) is 7.55. The van der Waals surface area contributed by atoms with Crippen molar-refractivity contribution >= 4 is 11.6 Å². The maximum atomic E-state index is 12.4. The number of nitrogens with zero attached hydrogens (tertiary/aromatic N) is 4. The van der Waals surface area contributed by atoms with E-state index in [9.17, 15) is 4.79 Å². The number of para-hydroxylation sites is 1. The zero-order valence-corrected chi connectivity index (χ0v) is 13.4. The van der Waals surface area contributed by atoms with Crippen LogP contribution in [-0.4, -0.2) is 32.3 Å². The molecule has 0 atom stereocenters. The molecule has 0 aliphatic carbocycles. The fourth-order valence-corrected chi connectivity index (χ4v) is 2.24. The number of nitrogens with one attached hydrogen (secondary N) is 1. The minimum Gasteiger partial charge on any atom is -0.464 e. The van der Waals surface area contributed by atoms with Gasteiger partial charge in [-0.2, -0.15) is 5.10 Å². The third-order valence-electron chi connectivity index (χ3n) is 3.41. The van der Waals surface area contributed by atoms with Crippen molar-refractivity contribution in [3.63, 3.8) is 0 Å². The lowest BCUT2D eigenvalue weighted by Crippen LogP contribution is -2.13. The van der Waals surface area contributed by atoms with Gasteiger partial charge in [0.1, 0.15) is 0 Å². The minimum atomic E-state index is -0.262. The summed E-state index contributed by atoms with van der Waals surface area (Å²) >= 11 is 0. The molecule has 1 aromatic carbocycles. The topological polar surface area (TPSA) is 81.9 Å². The van der Waals surface area contributed by atoms with Crippen LogP contribution in [0.15, 0.2) is 48.9 Å². The van der Waals surface area contributed by atoms with Gasteiger partial charge >= 0.3 is 6.01 Å². The number of amides is 1. The van der Waals surface area contributed by atoms with E-state index in [-0.39, 0.29) is 11.9 Å². The Morgan fingerprint density at radius 3 is 2.54 bits per heavy atom. The highest BCUT2D eigenvalue weighted by molar-refractivity contribution is 6.04. The van der Waals surface area contributed by atoms with E-state index >= 15 is 0 Å². The second-order valence-electron chi connectivity index (χ2n) is 5.03. The standard InChI is InChI=1S/C17H17N5O2/c1-3-24-17-18-9-13(10-19-17)21-16(23)15-11-20-22(12(15)2)14-7-5-4-6-8-14/h4-11H,3H2,1-2H3,(H,21,23). The summed E-state index contributed by atoms with van der Waals surface area (Å²) in [5.74, 6) is -0.262. The van der Waals surface area contributed by atoms with Crippen molar-refractivity contribution in [2.45, 2.75) is 13.8 Å². The number of anilines is 1. The van der Waals surface area contributed by atoms with Crippen LogP contribution in [0.5, 0.6) is 6.01 Å². The number of benzene rings is 1. The van der Waals surface area contributed by atoms with Crippen LogP contribution >= 0.6 is 0 Å². The molecule has 7 nitrogen and oxygen atoms in total. The van der Waals surface area contributed by atoms with Crippen LogP contribution in [0.3, 0.4) is 0 Å². The third kappa shape index (κ3) is 3.24. The highest BCUT2D eigenvalue weighted by atomic mass is 16.5. The van der Waals surface area contributed by atoms with Gasteiger partial charge in [0.25, 0.3) is 5.91 Å². The fourth-order valence-electron chi connectivity index (χ4n) is 2.24. The summed E-state index contributed by atoms with van der Waals surface area (Å²) < 4.78 is 6.90. The molecule has 0 fully saturated rings. The lowest BCUT2D eigenvalue weighted by atomic mass is 10.2. The second kappa shape index (κ2) is 6.91. The van der Waals surface area contributed by atoms with E-state index in [1.165, 1.54) is 12.4 Å². The average molecular weight is 323 g/mol. The molecule has 2 aromatic heterocycles. The van der Waals surface area contributed by atoms with Crippen LogP contribution in [-0.2, 0) is 0 Å². The lowest BCUT2D eigenvalue weighted by molar-refractivity contribution is 0.102. The van der Waals surface area contributed by atoms with Gasteiger partial charge in [0.2, 0.25) is 0 Å². The molecule has 1 N–H and O–H groups in total. The maximum Gasteiger partial charge on any atom is 0.316 e. The molecular formula is C17H17N5O2. The molecule has 2 heterocycles. The molecule has 7 heteroatoms. The maximum absolute atomic E-state index is 12.4. The second-order valence-corrected chi connectivity index (χ2v) is 5.03. The average Bonchev–Trinajstić information content (AvgIpc) is 2.99. The number of hydrogen-bond donors (Lipinski definition) is 1. The molecule has 0 bridgehead atoms. The number of ether oxygens (including phenoxy) is 1. The molecule has 0 aliphatic rings. The molecule has 122 valence electrons. The number of rotatable bonds is 5. The van der Waals surface area contributed by atoms with Crippen molar-refractivity contribution < 1.29 is 9.53 Å². The Balaban J connectivity index is 1.77. The molecule has 0 spiro atoms. The van der Waals surface area contributed by atoms with Crippen molar-refractivity contribution in [1.29, 1.82) is 0 Å². The Kier molecular flexibility index (Phi) is 4.51. The van der Waals surface area contributed by atoms with Crippen LogP contribution in [0.25, 0.3) is 5.69 Å². The number of carbonyl (C=O) groups is 1. The first-order chi connectivity index (χ1) is 11.7. The summed E-state index contributed by atoms with van der Waals surface area (Å²) in [7, 11) is 0. The molecule has 3 aromatic rings. The van der Waals surface area contributed by atoms with Crippen molar-refractivity contribution in [1.82, 2.24) is 19.7 Å². The molecular weight excluding hydrogens is 306 g/mol. The Morgan fingerprint density at radius 1 is 1.17 bits per heavy atom. The first kappa shape index (κ1) is 15.7. The van der Waals surface area contributed by atoms with Gasteiger partial charge in [-0.1, -0.05) is 18.2 Å². The summed E-state index contributed by atoms with van der Waals surface area (Å²) in [5.41, 5.74) is 2.65. The van der Waals surface area contributed by atoms with Crippen LogP contribution in [0.1, 0.15) is 23.0 Å². The largest absolute Gasteiger partial charge is 0.464 e. The van der Waals surface area contributed by atoms with E-state index < -0.39 is 0 Å². The lowest BCUT2D eigenvalue weighted by Gasteiger charge is -2.07. The Morgan fingerprint density at radius 2 is 1.88 bits per heavy atom. The molecule has 0 aliphatic heterocycles. The van der Waals surface area contributed by atoms with E-state index in [1.807, 2.05) is 44.2 Å². The van der Waals surface area contributed by atoms with E-state index in [2.05, 4.69) is 20.4 Å². The van der Waals surface area contributed by atoms with Crippen molar-refractivity contribution in [3.8, 4) is 11.7 Å². The number of aromatic nitrogens is 4. The van der Waals surface area contributed by atoms with E-state index in [4.69, 9.17) is 4.74 Å². The summed E-state index contributed by atoms with van der Waals surface area (Å²) in [6, 6.07) is 9.93. The van der Waals surface area contributed by atoms with Crippen molar-refractivity contribution in [3.05, 3.63) is 60.2 Å². The van der Waals surface area contributed by atoms with Gasteiger partial charge in [-0.15, -0.1) is 0 Å². The van der Waals surface area contributed by atoms with Crippen LogP contribution in [0.4, 0.5) is 5.69 Å². The van der Waals surface area contributed by atoms with Crippen LogP contribution in [0.2, 0.25) is 0 Å². The zero-order chi connectivity index (χ0) is 16.9. The molecule has 24 heavy (non-hydrogen) atoms. The van der Waals surface area contributed by atoms with E-state index in [0.717, 1.165) is 11.4 Å². The predicted octanol–water partition coefficient (Wildman–Crippen LogP) is 2.62. The summed E-state index contributed by atoms with van der Waals surface area (Å²) in [5, 5.41) is 7.05. The van der Waals surface area contributed by atoms with Gasteiger partial charge in [-0.05, 0) is 26.0 Å². The van der Waals surface area contributed by atoms with Gasteiger partial charge < -0.3 is 10.1 Å². The normalized spacial score (nSPS) is 10.4. The monoisotopic (exact) mass is 323 g/mol. The Bertz CT molecular complexity index is 828. The highest BCUT2D eigenvalue weighted by Gasteiger charge is 2.15. The highest BCUT2D eigenvalue weighted by Crippen LogP contribution is 2.16. The number of carbonyl (C=O) groups excluding carboxylic acids is 1. The van der Waals surface area contributed by atoms with Crippen molar-refractivity contribution in [2.24, 2.45) is 0 Å². The quantitative estimate of drug-likeness (QED) is 0.780. The van der Waals surface area contributed by atoms with Crippen LogP contribution in [0, 0.1) is 6.92 Å². The van der Waals surface area contributed by atoms with Crippen LogP contribution < -0.4 is 10.1 Å². The molecule has 0 radical (unpaired) electrons. The SMILES string of the molecule is CCOc1ncc(NC(=O)c2cnn(-c3ccccc3)c2C)cn1. The minimum absolute atomic E-state index is 0.262. The summed E-state index contributed by atoms with van der Waals surface area (Å²) in [4.78, 5) is 20.5. The molecule has 0 saturated carbocycles. The van der Waals surface area contributed by atoms with Gasteiger partial charge in [-0.3, -0.25) is 4.79 Å². The van der Waals surface area contributed by atoms with Gasteiger partial charge in [0.15, 0.2) is 0 Å². The summed E-state index contributed by atoms with van der Waals surface area (Å²) in [6.45, 7) is 4.19. The van der Waals surface area contributed by atoms with E-state index in [0.29, 0.717) is 17.9 Å². The third-order valence-corrected chi connectivity index (χ3v) is 3.41. The van der Waals surface area contributed by atoms with Gasteiger partial charge in [0.05, 0.1) is 47.8 Å². The van der Waals surface area contributed by atoms with E-state index in [1.54, 1.807) is 10.9 Å². The summed E-state index contributed by atoms with van der Waals surface area (Å²) in [6.07, 6.45) is 4.56. The van der Waals surface area contributed by atoms with Gasteiger partial charge in [-0.25, -0.2) is 14.6 Å². The smallest absolute Gasteiger partial charge is 0.316 e. The molecule has 0 unspecified atom stereocenters. The molecule has 3 rings (SSSR count). The predicted molar refractivity (Wildman–Crippen MR) is 89.5 cm³/mol. The zero-order valence-electron chi connectivity index (χ0n) is 13.4. The number of hydrogen-bond acceptors (Lipinski definition) is 5. The fraction of sp³-hybridized carbons (Fsp3) is 0.176. The Labute approximate surface area is 139 Å². The first-order valence-electron chi connectivity index (χ1n) is 7.55.